The molecule has 142 valence electrons. The van der Waals surface area contributed by atoms with Gasteiger partial charge in [-0.25, -0.2) is 12.8 Å². The standard InChI is InChI=1S/C19H19FN2O4S/c1-13-10-14-4-2-3-5-17(14)22(13)19(24)12-27(25,26)11-18(23)21-16-8-6-15(20)7-9-16/h2-9,13H,10-12H2,1H3,(H,21,23). The minimum atomic E-state index is -3.95. The Kier molecular flexibility index (Phi) is 5.27. The van der Waals surface area contributed by atoms with Crippen LogP contribution in [-0.4, -0.2) is 37.8 Å². The molecule has 27 heavy (non-hydrogen) atoms. The smallest absolute Gasteiger partial charge is 0.242 e. The Morgan fingerprint density at radius 2 is 1.78 bits per heavy atom. The van der Waals surface area contributed by atoms with Gasteiger partial charge in [0.05, 0.1) is 0 Å². The van der Waals surface area contributed by atoms with Crippen LogP contribution < -0.4 is 10.2 Å². The number of amides is 2. The molecule has 1 N–H and O–H groups in total. The molecular weight excluding hydrogens is 371 g/mol. The maximum Gasteiger partial charge on any atom is 0.242 e. The van der Waals surface area contributed by atoms with Gasteiger partial charge in [0.2, 0.25) is 11.8 Å². The SMILES string of the molecule is CC1Cc2ccccc2N1C(=O)CS(=O)(=O)CC(=O)Nc1ccc(F)cc1. The molecule has 1 aliphatic heterocycles. The van der Waals surface area contributed by atoms with Gasteiger partial charge >= 0.3 is 0 Å². The second kappa shape index (κ2) is 7.48. The number of rotatable bonds is 5. The van der Waals surface area contributed by atoms with E-state index in [-0.39, 0.29) is 11.7 Å². The molecule has 6 nitrogen and oxygen atoms in total. The molecule has 3 rings (SSSR count). The van der Waals surface area contributed by atoms with Gasteiger partial charge in [-0.1, -0.05) is 18.2 Å². The molecule has 0 radical (unpaired) electrons. The second-order valence-corrected chi connectivity index (χ2v) is 8.60. The lowest BCUT2D eigenvalue weighted by Gasteiger charge is -2.22. The summed E-state index contributed by atoms with van der Waals surface area (Å²) in [5, 5.41) is 2.38. The number of hydrogen-bond acceptors (Lipinski definition) is 4. The van der Waals surface area contributed by atoms with Crippen molar-refractivity contribution in [2.45, 2.75) is 19.4 Å². The molecule has 1 heterocycles. The van der Waals surface area contributed by atoms with E-state index in [1.807, 2.05) is 19.1 Å². The lowest BCUT2D eigenvalue weighted by molar-refractivity contribution is -0.116. The van der Waals surface area contributed by atoms with Gasteiger partial charge in [0.25, 0.3) is 0 Å². The highest BCUT2D eigenvalue weighted by Crippen LogP contribution is 2.31. The van der Waals surface area contributed by atoms with Crippen molar-refractivity contribution in [2.24, 2.45) is 0 Å². The number of carbonyl (C=O) groups is 2. The first-order chi connectivity index (χ1) is 12.7. The zero-order chi connectivity index (χ0) is 19.6. The quantitative estimate of drug-likeness (QED) is 0.848. The van der Waals surface area contributed by atoms with E-state index >= 15 is 0 Å². The van der Waals surface area contributed by atoms with E-state index in [2.05, 4.69) is 5.32 Å². The van der Waals surface area contributed by atoms with E-state index in [4.69, 9.17) is 0 Å². The Morgan fingerprint density at radius 1 is 1.11 bits per heavy atom. The summed E-state index contributed by atoms with van der Waals surface area (Å²) in [6, 6.07) is 12.2. The van der Waals surface area contributed by atoms with Crippen molar-refractivity contribution in [1.29, 1.82) is 0 Å². The molecule has 1 aliphatic rings. The van der Waals surface area contributed by atoms with E-state index in [0.717, 1.165) is 17.7 Å². The molecule has 0 bridgehead atoms. The molecule has 8 heteroatoms. The van der Waals surface area contributed by atoms with Crippen molar-refractivity contribution in [3.63, 3.8) is 0 Å². The molecule has 0 saturated heterocycles. The number of benzene rings is 2. The van der Waals surface area contributed by atoms with Crippen LogP contribution in [0.1, 0.15) is 12.5 Å². The largest absolute Gasteiger partial charge is 0.325 e. The zero-order valence-corrected chi connectivity index (χ0v) is 15.5. The summed E-state index contributed by atoms with van der Waals surface area (Å²) in [6.07, 6.45) is 0.660. The van der Waals surface area contributed by atoms with Crippen LogP contribution in [0.3, 0.4) is 0 Å². The van der Waals surface area contributed by atoms with Gasteiger partial charge in [-0.15, -0.1) is 0 Å². The highest BCUT2D eigenvalue weighted by molar-refractivity contribution is 7.92. The monoisotopic (exact) mass is 390 g/mol. The van der Waals surface area contributed by atoms with Crippen molar-refractivity contribution >= 4 is 33.0 Å². The predicted molar refractivity (Wildman–Crippen MR) is 101 cm³/mol. The number of nitrogens with one attached hydrogen (secondary N) is 1. The first kappa shape index (κ1) is 19.0. The van der Waals surface area contributed by atoms with Crippen molar-refractivity contribution in [1.82, 2.24) is 0 Å². The van der Waals surface area contributed by atoms with Crippen LogP contribution in [0.25, 0.3) is 0 Å². The van der Waals surface area contributed by atoms with Gasteiger partial charge in [0, 0.05) is 17.4 Å². The number of carbonyl (C=O) groups excluding carboxylic acids is 2. The summed E-state index contributed by atoms with van der Waals surface area (Å²) in [4.78, 5) is 26.0. The fourth-order valence-corrected chi connectivity index (χ4v) is 4.27. The Balaban J connectivity index is 1.64. The molecule has 0 aromatic heterocycles. The Bertz CT molecular complexity index is 973. The number of halogens is 1. The number of hydrogen-bond donors (Lipinski definition) is 1. The van der Waals surface area contributed by atoms with Crippen molar-refractivity contribution in [3.8, 4) is 0 Å². The van der Waals surface area contributed by atoms with E-state index in [9.17, 15) is 22.4 Å². The van der Waals surface area contributed by atoms with E-state index in [0.29, 0.717) is 12.1 Å². The van der Waals surface area contributed by atoms with Gasteiger partial charge in [0.1, 0.15) is 17.3 Å². The third-order valence-electron chi connectivity index (χ3n) is 4.30. The predicted octanol–water partition coefficient (Wildman–Crippen LogP) is 2.16. The average molecular weight is 390 g/mol. The van der Waals surface area contributed by atoms with Gasteiger partial charge in [-0.3, -0.25) is 9.59 Å². The Labute approximate surface area is 156 Å². The molecule has 0 aliphatic carbocycles. The highest BCUT2D eigenvalue weighted by atomic mass is 32.2. The molecule has 0 saturated carbocycles. The first-order valence-electron chi connectivity index (χ1n) is 8.41. The van der Waals surface area contributed by atoms with Crippen LogP contribution in [0.2, 0.25) is 0 Å². The van der Waals surface area contributed by atoms with Gasteiger partial charge in [-0.05, 0) is 49.2 Å². The van der Waals surface area contributed by atoms with Gasteiger partial charge in [-0.2, -0.15) is 0 Å². The maximum absolute atomic E-state index is 12.9. The number of nitrogens with zero attached hydrogens (tertiary/aromatic N) is 1. The second-order valence-electron chi connectivity index (χ2n) is 6.53. The lowest BCUT2D eigenvalue weighted by atomic mass is 10.1. The molecule has 0 spiro atoms. The van der Waals surface area contributed by atoms with Crippen LogP contribution in [0.5, 0.6) is 0 Å². The van der Waals surface area contributed by atoms with Crippen LogP contribution >= 0.6 is 0 Å². The van der Waals surface area contributed by atoms with E-state index < -0.39 is 39.0 Å². The van der Waals surface area contributed by atoms with Crippen LogP contribution in [-0.2, 0) is 25.8 Å². The van der Waals surface area contributed by atoms with E-state index in [1.54, 1.807) is 12.1 Å². The van der Waals surface area contributed by atoms with Gasteiger partial charge < -0.3 is 10.2 Å². The third kappa shape index (κ3) is 4.51. The molecule has 2 amide bonds. The molecule has 0 fully saturated rings. The van der Waals surface area contributed by atoms with Crippen molar-refractivity contribution in [3.05, 3.63) is 59.9 Å². The maximum atomic E-state index is 12.9. The molecule has 1 unspecified atom stereocenters. The van der Waals surface area contributed by atoms with Crippen LogP contribution in [0.15, 0.2) is 48.5 Å². The lowest BCUT2D eigenvalue weighted by Crippen LogP contribution is -2.41. The average Bonchev–Trinajstić information content (AvgIpc) is 2.91. The zero-order valence-electron chi connectivity index (χ0n) is 14.7. The highest BCUT2D eigenvalue weighted by Gasteiger charge is 2.33. The number of anilines is 2. The Hall–Kier alpha value is -2.74. The summed E-state index contributed by atoms with van der Waals surface area (Å²) in [7, 11) is -3.95. The first-order valence-corrected chi connectivity index (χ1v) is 10.2. The Morgan fingerprint density at radius 3 is 2.48 bits per heavy atom. The number of sulfone groups is 1. The fraction of sp³-hybridized carbons (Fsp3) is 0.263. The summed E-state index contributed by atoms with van der Waals surface area (Å²) in [5.41, 5.74) is 1.98. The topological polar surface area (TPSA) is 83.6 Å². The molecule has 2 aromatic carbocycles. The summed E-state index contributed by atoms with van der Waals surface area (Å²) >= 11 is 0. The fourth-order valence-electron chi connectivity index (χ4n) is 3.18. The summed E-state index contributed by atoms with van der Waals surface area (Å²) in [5.74, 6) is -3.36. The third-order valence-corrected chi connectivity index (χ3v) is 5.69. The normalized spacial score (nSPS) is 16.1. The molecule has 1 atom stereocenters. The minimum absolute atomic E-state index is 0.141. The van der Waals surface area contributed by atoms with Gasteiger partial charge in [0.15, 0.2) is 9.84 Å². The summed E-state index contributed by atoms with van der Waals surface area (Å²) < 4.78 is 37.5. The number of para-hydroxylation sites is 1. The van der Waals surface area contributed by atoms with Crippen molar-refractivity contribution < 1.29 is 22.4 Å². The van der Waals surface area contributed by atoms with E-state index in [1.165, 1.54) is 17.0 Å². The molecule has 2 aromatic rings. The van der Waals surface area contributed by atoms with Crippen molar-refractivity contribution in [2.75, 3.05) is 21.7 Å². The summed E-state index contributed by atoms with van der Waals surface area (Å²) in [6.45, 7) is 1.85. The minimum Gasteiger partial charge on any atom is -0.325 e. The molecular formula is C19H19FN2O4S. The van der Waals surface area contributed by atoms with Crippen LogP contribution in [0.4, 0.5) is 15.8 Å². The number of fused-ring (bicyclic) bond motifs is 1. The van der Waals surface area contributed by atoms with Crippen LogP contribution in [0, 0.1) is 5.82 Å².